The fraction of sp³-hybridized carbons (Fsp3) is 0.0882. The number of para-hydroxylation sites is 2. The average Bonchev–Trinajstić information content (AvgIpc) is 4.41. The van der Waals surface area contributed by atoms with E-state index in [9.17, 15) is 0 Å². The molecule has 4 aliphatic carbocycles. The lowest BCUT2D eigenvalue weighted by molar-refractivity contribution is 0.799. The Morgan fingerprint density at radius 3 is 1.21 bits per heavy atom. The first-order chi connectivity index (χ1) is 36.0. The van der Waals surface area contributed by atoms with Gasteiger partial charge in [0, 0.05) is 53.2 Å². The van der Waals surface area contributed by atoms with Crippen LogP contribution in [0.2, 0.25) is 0 Å². The second-order valence-corrected chi connectivity index (χ2v) is 23.3. The summed E-state index contributed by atoms with van der Waals surface area (Å²) in [5, 5.41) is 0. The molecule has 0 radical (unpaired) electrons. The Balaban J connectivity index is 1.05. The van der Waals surface area contributed by atoms with E-state index < -0.39 is 10.8 Å². The molecule has 6 aliphatic rings. The number of anilines is 6. The minimum Gasteiger partial charge on any atom is -0.310 e. The largest absolute Gasteiger partial charge is 0.310 e. The van der Waals surface area contributed by atoms with Crippen LogP contribution in [0.25, 0.3) is 44.5 Å². The molecule has 11 aromatic rings. The smallest absolute Gasteiger partial charge is 0.277 e. The van der Waals surface area contributed by atoms with Gasteiger partial charge in [0.05, 0.1) is 22.2 Å². The molecular weight excluding hydrogens is 920 g/mol. The van der Waals surface area contributed by atoms with Crippen molar-refractivity contribution >= 4 is 78.5 Å². The fourth-order valence-electron chi connectivity index (χ4n) is 14.7. The number of benzene rings is 9. The summed E-state index contributed by atoms with van der Waals surface area (Å²) in [6.07, 6.45) is 0. The van der Waals surface area contributed by atoms with E-state index in [0.29, 0.717) is 5.92 Å². The Hall–Kier alpha value is -7.96. The highest BCUT2D eigenvalue weighted by molar-refractivity contribution is 7.37. The van der Waals surface area contributed by atoms with Crippen molar-refractivity contribution in [3.05, 3.63) is 267 Å². The van der Waals surface area contributed by atoms with Gasteiger partial charge in [-0.1, -0.05) is 190 Å². The predicted octanol–water partition coefficient (Wildman–Crippen LogP) is 16.0. The van der Waals surface area contributed by atoms with E-state index in [1.807, 2.05) is 0 Å². The van der Waals surface area contributed by atoms with Crippen LogP contribution in [0.5, 0.6) is 0 Å². The Morgan fingerprint density at radius 1 is 0.397 bits per heavy atom. The van der Waals surface area contributed by atoms with Crippen LogP contribution in [0.3, 0.4) is 0 Å². The highest BCUT2D eigenvalue weighted by Gasteiger charge is 2.60. The van der Waals surface area contributed by atoms with Crippen LogP contribution in [0.4, 0.5) is 34.1 Å². The molecule has 2 nitrogen and oxygen atoms in total. The topological polar surface area (TPSA) is 6.48 Å². The second kappa shape index (κ2) is 14.2. The van der Waals surface area contributed by atoms with Crippen molar-refractivity contribution in [1.82, 2.24) is 0 Å². The molecule has 4 heterocycles. The van der Waals surface area contributed by atoms with Crippen molar-refractivity contribution in [3.8, 4) is 44.5 Å². The van der Waals surface area contributed by atoms with Crippen LogP contribution in [-0.2, 0) is 10.8 Å². The van der Waals surface area contributed by atoms with E-state index in [1.54, 1.807) is 0 Å². The van der Waals surface area contributed by atoms with Gasteiger partial charge in [-0.15, -0.1) is 22.7 Å². The van der Waals surface area contributed by atoms with Crippen LogP contribution in [-0.4, -0.2) is 6.71 Å². The molecule has 0 amide bonds. The van der Waals surface area contributed by atoms with Gasteiger partial charge >= 0.3 is 0 Å². The van der Waals surface area contributed by atoms with E-state index in [0.717, 1.165) is 0 Å². The molecule has 0 atom stereocenters. The van der Waals surface area contributed by atoms with Gasteiger partial charge in [0.15, 0.2) is 0 Å². The van der Waals surface area contributed by atoms with E-state index in [4.69, 9.17) is 0 Å². The zero-order valence-electron chi connectivity index (χ0n) is 40.6. The first-order valence-electron chi connectivity index (χ1n) is 25.8. The standard InChI is InChI=1S/C68H45BN2S2/c1-39(2)41-34-35-49-55(38-41)68(52-31-17-12-26-46(52)47-27-13-18-32-53(47)68)64-59(49)62-66(73-64)69-60-56(36-40(3)37-57(60)71(62)43-22-8-5-9-23-43)70(42-20-6-4-7-21-42)61-58-48-28-14-19-33-54(48)67(63(58)72-65(61)69)50-29-15-10-24-44(50)45-25-11-16-30-51(45)67/h4-39H,1-3H3. The van der Waals surface area contributed by atoms with Crippen LogP contribution in [0, 0.1) is 6.92 Å². The number of fused-ring (bicyclic) bond motifs is 26. The third-order valence-corrected chi connectivity index (χ3v) is 20.2. The maximum atomic E-state index is 2.68. The van der Waals surface area contributed by atoms with Crippen LogP contribution in [0.15, 0.2) is 212 Å². The molecule has 2 aliphatic heterocycles. The molecule has 9 aromatic carbocycles. The summed E-state index contributed by atoms with van der Waals surface area (Å²) < 4.78 is 2.85. The molecule has 2 aromatic heterocycles. The number of hydrogen-bond donors (Lipinski definition) is 0. The lowest BCUT2D eigenvalue weighted by Gasteiger charge is -2.43. The summed E-state index contributed by atoms with van der Waals surface area (Å²) in [5.74, 6) is 0.386. The molecular formula is C68H45BN2S2. The highest BCUT2D eigenvalue weighted by atomic mass is 32.1. The molecule has 0 unspecified atom stereocenters. The van der Waals surface area contributed by atoms with Crippen LogP contribution in [0.1, 0.15) is 74.0 Å². The molecule has 0 N–H and O–H groups in total. The molecule has 73 heavy (non-hydrogen) atoms. The normalized spacial score (nSPS) is 15.3. The predicted molar refractivity (Wildman–Crippen MR) is 308 cm³/mol. The van der Waals surface area contributed by atoms with Crippen molar-refractivity contribution in [2.75, 3.05) is 9.80 Å². The van der Waals surface area contributed by atoms with Crippen molar-refractivity contribution in [2.24, 2.45) is 0 Å². The zero-order chi connectivity index (χ0) is 48.1. The molecule has 0 bridgehead atoms. The number of rotatable bonds is 3. The summed E-state index contributed by atoms with van der Waals surface area (Å²) >= 11 is 4.18. The Morgan fingerprint density at radius 2 is 0.767 bits per heavy atom. The molecule has 0 fully saturated rings. The van der Waals surface area contributed by atoms with Gasteiger partial charge in [0.25, 0.3) is 6.71 Å². The molecule has 17 rings (SSSR count). The molecule has 0 saturated carbocycles. The summed E-state index contributed by atoms with van der Waals surface area (Å²) in [7, 11) is 0. The molecule has 2 spiro atoms. The minimum absolute atomic E-state index is 0.0276. The lowest BCUT2D eigenvalue weighted by atomic mass is 9.39. The van der Waals surface area contributed by atoms with Crippen molar-refractivity contribution in [2.45, 2.75) is 37.5 Å². The van der Waals surface area contributed by atoms with Crippen LogP contribution >= 0.6 is 22.7 Å². The Bertz CT molecular complexity index is 4150. The van der Waals surface area contributed by atoms with Crippen molar-refractivity contribution < 1.29 is 0 Å². The fourth-order valence-corrected chi connectivity index (χ4v) is 18.1. The van der Waals surface area contributed by atoms with Crippen molar-refractivity contribution in [3.63, 3.8) is 0 Å². The third-order valence-electron chi connectivity index (χ3n) is 17.4. The summed E-state index contributed by atoms with van der Waals surface area (Å²) in [5.41, 5.74) is 29.7. The minimum atomic E-state index is -0.483. The van der Waals surface area contributed by atoms with Gasteiger partial charge < -0.3 is 9.80 Å². The quantitative estimate of drug-likeness (QED) is 0.163. The lowest BCUT2D eigenvalue weighted by Crippen LogP contribution is -2.59. The van der Waals surface area contributed by atoms with Crippen LogP contribution < -0.4 is 24.8 Å². The highest BCUT2D eigenvalue weighted by Crippen LogP contribution is 2.69. The van der Waals surface area contributed by atoms with Gasteiger partial charge in [0.1, 0.15) is 0 Å². The Kier molecular flexibility index (Phi) is 7.88. The molecule has 342 valence electrons. The zero-order valence-corrected chi connectivity index (χ0v) is 42.2. The van der Waals surface area contributed by atoms with Gasteiger partial charge in [-0.25, -0.2) is 0 Å². The van der Waals surface area contributed by atoms with Gasteiger partial charge in [-0.3, -0.25) is 0 Å². The summed E-state index contributed by atoms with van der Waals surface area (Å²) in [6, 6.07) is 81.5. The summed E-state index contributed by atoms with van der Waals surface area (Å²) in [4.78, 5) is 8.21. The molecule has 0 saturated heterocycles. The third kappa shape index (κ3) is 4.74. The maximum Gasteiger partial charge on any atom is 0.277 e. The average molecular weight is 965 g/mol. The number of aryl methyl sites for hydroxylation is 1. The van der Waals surface area contributed by atoms with E-state index >= 15 is 0 Å². The first-order valence-corrected chi connectivity index (χ1v) is 27.5. The van der Waals surface area contributed by atoms with Gasteiger partial charge in [-0.2, -0.15) is 0 Å². The van der Waals surface area contributed by atoms with Gasteiger partial charge in [-0.05, 0) is 133 Å². The SMILES string of the molecule is Cc1cc2c3c(c1)N(c1ccccc1)c1c(sc4c1-c1ccc(C(C)C)cc1C41c4ccccc4-c4ccccc41)B3c1sc3c(c1N2c1ccccc1)-c1ccccc1C31c2ccccc2-c2ccccc21. The Labute approximate surface area is 434 Å². The monoisotopic (exact) mass is 964 g/mol. The first kappa shape index (κ1) is 40.6. The number of hydrogen-bond acceptors (Lipinski definition) is 4. The van der Waals surface area contributed by atoms with Gasteiger partial charge in [0.2, 0.25) is 0 Å². The molecule has 5 heteroatoms. The van der Waals surface area contributed by atoms with E-state index in [2.05, 4.69) is 266 Å². The van der Waals surface area contributed by atoms with E-state index in [-0.39, 0.29) is 6.71 Å². The maximum absolute atomic E-state index is 2.68. The van der Waals surface area contributed by atoms with E-state index in [1.165, 1.54) is 148 Å². The number of thiophene rings is 2. The van der Waals surface area contributed by atoms with Crippen molar-refractivity contribution in [1.29, 1.82) is 0 Å². The second-order valence-electron chi connectivity index (χ2n) is 21.2. The summed E-state index contributed by atoms with van der Waals surface area (Å²) in [6.45, 7) is 6.96. The number of nitrogens with zero attached hydrogens (tertiary/aromatic N) is 2.